The van der Waals surface area contributed by atoms with Crippen LogP contribution in [-0.4, -0.2) is 161 Å². The Hall–Kier alpha value is -7.51. The Morgan fingerprint density at radius 3 is 1.13 bits per heavy atom. The van der Waals surface area contributed by atoms with Crippen LogP contribution < -0.4 is 80.7 Å². The van der Waals surface area contributed by atoms with Crippen LogP contribution in [0.25, 0.3) is 110 Å². The van der Waals surface area contributed by atoms with Gasteiger partial charge in [-0.15, -0.1) is 0 Å². The fourth-order valence-electron chi connectivity index (χ4n) is 21.0. The third kappa shape index (κ3) is 15.3. The second kappa shape index (κ2) is 38.4. The fraction of sp³-hybridized carbons (Fsp3) is 0.0727. The minimum atomic E-state index is -2.36. The number of para-hydroxylation sites is 12. The van der Waals surface area contributed by atoms with Crippen molar-refractivity contribution in [3.05, 3.63) is 365 Å². The summed E-state index contributed by atoms with van der Waals surface area (Å²) in [5.74, 6) is 24.4. The van der Waals surface area contributed by atoms with E-state index in [1.807, 2.05) is 91.8 Å². The summed E-state index contributed by atoms with van der Waals surface area (Å²) >= 11 is -7.93. The van der Waals surface area contributed by atoms with Gasteiger partial charge in [0.2, 0.25) is 0 Å². The maximum absolute atomic E-state index is 4.86. The molecule has 22 aromatic rings. The van der Waals surface area contributed by atoms with Crippen LogP contribution >= 0.6 is 0 Å². The summed E-state index contributed by atoms with van der Waals surface area (Å²) in [5.41, 5.74) is 17.3. The molecule has 0 spiro atoms. The number of nitrogens with zero attached hydrogens (tertiary/aromatic N) is 12. The van der Waals surface area contributed by atoms with Crippen LogP contribution in [0.1, 0.15) is 0 Å². The molecule has 0 fully saturated rings. The molecule has 0 atom stereocenters. The molecule has 0 saturated heterocycles. The molecule has 8 aliphatic heterocycles. The van der Waals surface area contributed by atoms with Crippen molar-refractivity contribution >= 4 is 306 Å². The standard InChI is InChI=1S/C21H21Ge2N2.2C19H15GeN2.C17H9N2Se2.2C17H9N2Se.6Ir/c1-22(2)15-9-5-6-13-19(15)25-20-16(22)10-7-11-17(20)23(3,4)18-12-8-14-24-21(18)25;1-20(2)15-9-3-4-11-17(15)22-18-13(7-5-10-16(18)20)14-8-6-12-21-19(14)22;1-20(2)15-9-5-8-14-13-7-3-4-11-17(13)22(18(14)15)19-16(20)10-6-12-21-19;1-2-6-12-11(5-1)19-16-13(20-12)7-3-8-14(16)21-15-9-4-10-18-17(15)19;1-2-8-14-13(7-1)19-16-11(5-3-9-15(16)20-14)12-6-4-10-18-17(12)19;1-2-7-13-11(5-1)12-6-3-8-14-16(12)19(13)17-15(20-14)9-4-10-18-17;;;;;;/h5-12,14H,1-4H3;2*3-10,12H,1-2H3;1-4,6-10H;2*1-6,8-10H;;;;;;/q6*-1;;;;;;. The molecular formula is C110H78Ge4Ir6N12Se4-6. The van der Waals surface area contributed by atoms with Crippen LogP contribution in [0, 0.1) is 36.4 Å². The quantitative estimate of drug-likeness (QED) is 0.109. The van der Waals surface area contributed by atoms with E-state index < -0.39 is 53.1 Å². The second-order valence-corrected chi connectivity index (χ2v) is 81.0. The predicted octanol–water partition coefficient (Wildman–Crippen LogP) is 13.0. The van der Waals surface area contributed by atoms with Crippen molar-refractivity contribution in [2.24, 2.45) is 0 Å². The molecule has 10 aromatic heterocycles. The van der Waals surface area contributed by atoms with E-state index in [4.69, 9.17) is 9.97 Å². The Balaban J connectivity index is 0.000000104. The van der Waals surface area contributed by atoms with E-state index in [-0.39, 0.29) is 121 Å². The first-order valence-corrected chi connectivity index (χ1v) is 75.7. The van der Waals surface area contributed by atoms with Crippen molar-refractivity contribution in [3.63, 3.8) is 0 Å². The van der Waals surface area contributed by atoms with Gasteiger partial charge in [-0.3, -0.25) is 0 Å². The molecule has 18 heterocycles. The molecular weight excluding hydrogens is 3250 g/mol. The van der Waals surface area contributed by atoms with E-state index in [0.29, 0.717) is 59.8 Å². The van der Waals surface area contributed by atoms with Crippen molar-refractivity contribution < 1.29 is 121 Å². The molecule has 12 aromatic carbocycles. The topological polar surface area (TPSA) is 104 Å². The molecule has 0 amide bonds. The summed E-state index contributed by atoms with van der Waals surface area (Å²) < 4.78 is 32.7. The van der Waals surface area contributed by atoms with Crippen molar-refractivity contribution in [1.29, 1.82) is 0 Å². The Morgan fingerprint density at radius 2 is 0.522 bits per heavy atom. The van der Waals surface area contributed by atoms with Gasteiger partial charge in [-0.05, 0) is 0 Å². The molecule has 26 heteroatoms. The zero-order chi connectivity index (χ0) is 87.2. The molecule has 0 bridgehead atoms. The van der Waals surface area contributed by atoms with Crippen molar-refractivity contribution in [2.75, 3.05) is 9.80 Å². The molecule has 8 aliphatic rings. The summed E-state index contributed by atoms with van der Waals surface area (Å²) in [6, 6.07) is 125. The van der Waals surface area contributed by atoms with Gasteiger partial charge in [-0.1, -0.05) is 0 Å². The predicted molar refractivity (Wildman–Crippen MR) is 552 cm³/mol. The molecule has 678 valence electrons. The van der Waals surface area contributed by atoms with Crippen LogP contribution in [-0.2, 0) is 121 Å². The Labute approximate surface area is 905 Å². The Morgan fingerprint density at radius 1 is 0.213 bits per heavy atom. The number of hydrogen-bond donors (Lipinski definition) is 0. The van der Waals surface area contributed by atoms with Crippen LogP contribution in [0.3, 0.4) is 0 Å². The summed E-state index contributed by atoms with van der Waals surface area (Å²) in [6.45, 7) is 0. The van der Waals surface area contributed by atoms with Gasteiger partial charge in [-0.2, -0.15) is 0 Å². The zero-order valence-electron chi connectivity index (χ0n) is 74.2. The number of aromatic nitrogens is 10. The van der Waals surface area contributed by atoms with E-state index in [0.717, 1.165) is 45.6 Å². The monoisotopic (exact) mass is 3340 g/mol. The summed E-state index contributed by atoms with van der Waals surface area (Å²) in [6.07, 6.45) is 11.4. The maximum atomic E-state index is 4.86. The second-order valence-electron chi connectivity index (χ2n) is 35.6. The average Bonchev–Trinajstić information content (AvgIpc) is 1.47. The van der Waals surface area contributed by atoms with Crippen LogP contribution in [0.4, 0.5) is 34.4 Å². The van der Waals surface area contributed by atoms with Gasteiger partial charge in [0.05, 0.1) is 0 Å². The van der Waals surface area contributed by atoms with Gasteiger partial charge >= 0.3 is 797 Å². The van der Waals surface area contributed by atoms with E-state index in [1.165, 1.54) is 153 Å². The number of rotatable bonds is 0. The number of benzene rings is 12. The van der Waals surface area contributed by atoms with E-state index >= 15 is 0 Å². The summed E-state index contributed by atoms with van der Waals surface area (Å²) in [7, 11) is 0. The molecule has 136 heavy (non-hydrogen) atoms. The number of fused-ring (bicyclic) bond motifs is 28. The molecule has 0 saturated carbocycles. The van der Waals surface area contributed by atoms with Gasteiger partial charge in [-0.25, -0.2) is 0 Å². The summed E-state index contributed by atoms with van der Waals surface area (Å²) in [5, 5.41) is 10.3. The molecule has 0 unspecified atom stereocenters. The Bertz CT molecular complexity index is 8100. The van der Waals surface area contributed by atoms with Crippen LogP contribution in [0.5, 0.6) is 0 Å². The van der Waals surface area contributed by atoms with Gasteiger partial charge < -0.3 is 0 Å². The molecule has 6 radical (unpaired) electrons. The average molecular weight is 3330 g/mol. The summed E-state index contributed by atoms with van der Waals surface area (Å²) in [4.78, 5) is 32.9. The van der Waals surface area contributed by atoms with Crippen molar-refractivity contribution in [3.8, 4) is 23.0 Å². The number of pyridine rings is 6. The van der Waals surface area contributed by atoms with Gasteiger partial charge in [0, 0.05) is 121 Å². The van der Waals surface area contributed by atoms with Gasteiger partial charge in [0.15, 0.2) is 0 Å². The number of hydrogen-bond acceptors (Lipinski definition) is 8. The first-order valence-electron chi connectivity index (χ1n) is 43.7. The van der Waals surface area contributed by atoms with Crippen LogP contribution in [0.15, 0.2) is 328 Å². The van der Waals surface area contributed by atoms with Crippen LogP contribution in [0.2, 0.25) is 46.0 Å². The molecule has 12 nitrogen and oxygen atoms in total. The zero-order valence-corrected chi connectivity index (χ0v) is 104. The molecule has 30 rings (SSSR count). The third-order valence-electron chi connectivity index (χ3n) is 27.0. The SMILES string of the molecule is [CH3][Ge]1([CH3])[c]2ccc[c-]c2-n2c3ncccc3c3ccc[c]1c32.[CH3][Ge]1([CH3])[c]2ccc[c-]c2N2c3nccc[c]3[Ge]([CH3])([CH3])[c]3ccc[c]1c32.[CH3][Ge]1([CH3])[c]2cccnc2-n2c3[c-]cccc3c3ccc[c]1c32.[Ir].[Ir].[Ir].[Ir].[Ir].[Ir].[c-]1cccc2c1-n1c3ncccc3c3cccc(c31)[Se]2.[c-]1cccc2c1N1c3ncccc3[Se]c3cccc(c31)[Se]2.[c-]1cccc2c3cccc4c3n(c12)-c1ncccc1[Se]4. The van der Waals surface area contributed by atoms with E-state index in [9.17, 15) is 0 Å². The first kappa shape index (κ1) is 97.3. The minimum absolute atomic E-state index is 0. The fourth-order valence-corrected chi connectivity index (χ4v) is 55.3. The van der Waals surface area contributed by atoms with Crippen molar-refractivity contribution in [2.45, 2.75) is 46.0 Å². The third-order valence-corrected chi connectivity index (χ3v) is 65.5. The van der Waals surface area contributed by atoms with Crippen molar-refractivity contribution in [1.82, 2.24) is 48.2 Å². The normalized spacial score (nSPS) is 14.2. The van der Waals surface area contributed by atoms with Gasteiger partial charge in [0.25, 0.3) is 0 Å². The van der Waals surface area contributed by atoms with E-state index in [1.54, 1.807) is 17.6 Å². The molecule has 0 aliphatic carbocycles. The molecule has 0 N–H and O–H groups in total. The van der Waals surface area contributed by atoms with Gasteiger partial charge in [0.1, 0.15) is 0 Å². The number of anilines is 6. The Kier molecular flexibility index (Phi) is 27.5. The van der Waals surface area contributed by atoms with E-state index in [2.05, 4.69) is 367 Å². The first-order chi connectivity index (χ1) is 63.6.